The van der Waals surface area contributed by atoms with E-state index in [-0.39, 0.29) is 0 Å². The third-order valence-corrected chi connectivity index (χ3v) is 3.39. The molecule has 0 unspecified atom stereocenters. The van der Waals surface area contributed by atoms with Crippen molar-refractivity contribution in [3.8, 4) is 0 Å². The van der Waals surface area contributed by atoms with Gasteiger partial charge in [-0.2, -0.15) is 0 Å². The van der Waals surface area contributed by atoms with Gasteiger partial charge in [0.25, 0.3) is 5.91 Å². The zero-order valence-electron chi connectivity index (χ0n) is 10.7. The molecule has 0 aromatic heterocycles. The van der Waals surface area contributed by atoms with Gasteiger partial charge in [0, 0.05) is 31.0 Å². The van der Waals surface area contributed by atoms with Crippen LogP contribution in [0.3, 0.4) is 0 Å². The third-order valence-electron chi connectivity index (χ3n) is 3.39. The Balaban J connectivity index is 2.22. The molecule has 5 heteroatoms. The van der Waals surface area contributed by atoms with Crippen LogP contribution in [0.1, 0.15) is 16.8 Å². The number of likely N-dealkylation sites (N-methyl/N-ethyl adjacent to an activating group) is 1. The maximum atomic E-state index is 11.3. The van der Waals surface area contributed by atoms with E-state index < -0.39 is 5.91 Å². The second-order valence-electron chi connectivity index (χ2n) is 4.78. The van der Waals surface area contributed by atoms with Gasteiger partial charge in [-0.25, -0.2) is 0 Å². The molecule has 0 bridgehead atoms. The zero-order chi connectivity index (χ0) is 13.1. The smallest absolute Gasteiger partial charge is 0.250 e. The number of carbonyl (C=O) groups is 1. The van der Waals surface area contributed by atoms with Crippen LogP contribution in [0.25, 0.3) is 0 Å². The number of hydrogen-bond acceptors (Lipinski definition) is 4. The lowest BCUT2D eigenvalue weighted by molar-refractivity contribution is 0.100. The van der Waals surface area contributed by atoms with Crippen LogP contribution in [0.4, 0.5) is 11.4 Å². The van der Waals surface area contributed by atoms with Crippen LogP contribution < -0.4 is 16.4 Å². The summed E-state index contributed by atoms with van der Waals surface area (Å²) >= 11 is 0. The maximum absolute atomic E-state index is 11.3. The van der Waals surface area contributed by atoms with Crippen molar-refractivity contribution in [3.05, 3.63) is 23.8 Å². The Hall–Kier alpha value is -1.75. The highest BCUT2D eigenvalue weighted by Gasteiger charge is 2.14. The number of carbonyl (C=O) groups excluding carboxylic acids is 1. The monoisotopic (exact) mass is 248 g/mol. The fourth-order valence-electron chi connectivity index (χ4n) is 2.26. The van der Waals surface area contributed by atoms with E-state index in [9.17, 15) is 4.79 Å². The molecule has 98 valence electrons. The first-order valence-corrected chi connectivity index (χ1v) is 6.21. The molecule has 4 N–H and O–H groups in total. The SMILES string of the molecule is CN1CCCN(c2ccc(N)c(C(N)=O)c2)CC1. The van der Waals surface area contributed by atoms with E-state index in [1.54, 1.807) is 12.1 Å². The summed E-state index contributed by atoms with van der Waals surface area (Å²) in [6.07, 6.45) is 1.12. The summed E-state index contributed by atoms with van der Waals surface area (Å²) in [7, 11) is 2.13. The van der Waals surface area contributed by atoms with Crippen LogP contribution in [0, 0.1) is 0 Å². The number of anilines is 2. The summed E-state index contributed by atoms with van der Waals surface area (Å²) in [5.41, 5.74) is 12.9. The Morgan fingerprint density at radius 3 is 2.72 bits per heavy atom. The minimum atomic E-state index is -0.471. The summed E-state index contributed by atoms with van der Waals surface area (Å²) < 4.78 is 0. The lowest BCUT2D eigenvalue weighted by atomic mass is 10.1. The highest BCUT2D eigenvalue weighted by molar-refractivity contribution is 5.99. The average molecular weight is 248 g/mol. The molecule has 1 aliphatic rings. The second-order valence-corrected chi connectivity index (χ2v) is 4.78. The Kier molecular flexibility index (Phi) is 3.72. The summed E-state index contributed by atoms with van der Waals surface area (Å²) in [5.74, 6) is -0.471. The van der Waals surface area contributed by atoms with E-state index >= 15 is 0 Å². The molecule has 1 saturated heterocycles. The van der Waals surface area contributed by atoms with Gasteiger partial charge in [-0.3, -0.25) is 4.79 Å². The van der Waals surface area contributed by atoms with Crippen molar-refractivity contribution >= 4 is 17.3 Å². The molecule has 1 aromatic rings. The lowest BCUT2D eigenvalue weighted by Gasteiger charge is -2.23. The molecule has 1 heterocycles. The molecule has 1 fully saturated rings. The van der Waals surface area contributed by atoms with Gasteiger partial charge in [0.15, 0.2) is 0 Å². The van der Waals surface area contributed by atoms with Crippen molar-refractivity contribution in [2.24, 2.45) is 5.73 Å². The standard InChI is InChI=1S/C13H20N4O/c1-16-5-2-6-17(8-7-16)10-3-4-12(14)11(9-10)13(15)18/h3-4,9H,2,5-8,14H2,1H3,(H2,15,18). The minimum absolute atomic E-state index is 0.408. The Labute approximate surface area is 107 Å². The number of hydrogen-bond donors (Lipinski definition) is 2. The summed E-state index contributed by atoms with van der Waals surface area (Å²) in [5, 5.41) is 0. The molecule has 0 saturated carbocycles. The predicted octanol–water partition coefficient (Wildman–Crippen LogP) is 0.510. The number of nitrogens with zero attached hydrogens (tertiary/aromatic N) is 2. The van der Waals surface area contributed by atoms with Gasteiger partial charge in [0.2, 0.25) is 0 Å². The van der Waals surface area contributed by atoms with Crippen LogP contribution in [-0.2, 0) is 0 Å². The van der Waals surface area contributed by atoms with E-state index in [1.807, 2.05) is 6.07 Å². The van der Waals surface area contributed by atoms with Gasteiger partial charge in [0.1, 0.15) is 0 Å². The van der Waals surface area contributed by atoms with E-state index in [4.69, 9.17) is 11.5 Å². The first-order valence-electron chi connectivity index (χ1n) is 6.21. The van der Waals surface area contributed by atoms with Gasteiger partial charge < -0.3 is 21.3 Å². The van der Waals surface area contributed by atoms with Gasteiger partial charge >= 0.3 is 0 Å². The van der Waals surface area contributed by atoms with Crippen molar-refractivity contribution < 1.29 is 4.79 Å². The fraction of sp³-hybridized carbons (Fsp3) is 0.462. The van der Waals surface area contributed by atoms with Gasteiger partial charge in [0.05, 0.1) is 5.56 Å². The van der Waals surface area contributed by atoms with E-state index in [2.05, 4.69) is 16.8 Å². The number of benzene rings is 1. The van der Waals surface area contributed by atoms with Crippen molar-refractivity contribution in [1.29, 1.82) is 0 Å². The molecular formula is C13H20N4O. The van der Waals surface area contributed by atoms with E-state index in [0.717, 1.165) is 38.3 Å². The fourth-order valence-corrected chi connectivity index (χ4v) is 2.26. The zero-order valence-corrected chi connectivity index (χ0v) is 10.7. The molecule has 18 heavy (non-hydrogen) atoms. The Bertz CT molecular complexity index is 447. The minimum Gasteiger partial charge on any atom is -0.398 e. The van der Waals surface area contributed by atoms with Crippen LogP contribution in [0.2, 0.25) is 0 Å². The number of amides is 1. The van der Waals surface area contributed by atoms with Crippen LogP contribution in [0.15, 0.2) is 18.2 Å². The molecule has 0 spiro atoms. The van der Waals surface area contributed by atoms with Gasteiger partial charge in [-0.1, -0.05) is 0 Å². The first-order chi connectivity index (χ1) is 8.58. The van der Waals surface area contributed by atoms with Gasteiger partial charge in [-0.05, 0) is 38.2 Å². The van der Waals surface area contributed by atoms with Crippen molar-refractivity contribution in [3.63, 3.8) is 0 Å². The number of rotatable bonds is 2. The number of nitrogen functional groups attached to an aromatic ring is 1. The molecular weight excluding hydrogens is 228 g/mol. The average Bonchev–Trinajstić information content (AvgIpc) is 2.54. The third kappa shape index (κ3) is 2.73. The first kappa shape index (κ1) is 12.7. The van der Waals surface area contributed by atoms with Crippen molar-refractivity contribution in [2.75, 3.05) is 43.9 Å². The molecule has 5 nitrogen and oxygen atoms in total. The molecule has 0 aliphatic carbocycles. The van der Waals surface area contributed by atoms with Crippen LogP contribution in [0.5, 0.6) is 0 Å². The van der Waals surface area contributed by atoms with Crippen molar-refractivity contribution in [2.45, 2.75) is 6.42 Å². The molecule has 1 aromatic carbocycles. The maximum Gasteiger partial charge on any atom is 0.250 e. The normalized spacial score (nSPS) is 17.5. The van der Waals surface area contributed by atoms with E-state index in [0.29, 0.717) is 11.3 Å². The molecule has 1 aliphatic heterocycles. The molecule has 1 amide bonds. The lowest BCUT2D eigenvalue weighted by Crippen LogP contribution is -2.29. The van der Waals surface area contributed by atoms with Crippen LogP contribution in [-0.4, -0.2) is 44.0 Å². The van der Waals surface area contributed by atoms with E-state index in [1.165, 1.54) is 0 Å². The quantitative estimate of drug-likeness (QED) is 0.748. The Morgan fingerprint density at radius 1 is 1.22 bits per heavy atom. The Morgan fingerprint density at radius 2 is 2.00 bits per heavy atom. The van der Waals surface area contributed by atoms with Crippen LogP contribution >= 0.6 is 0 Å². The highest BCUT2D eigenvalue weighted by Crippen LogP contribution is 2.22. The molecule has 2 rings (SSSR count). The number of primary amides is 1. The largest absolute Gasteiger partial charge is 0.398 e. The molecule has 0 radical (unpaired) electrons. The summed E-state index contributed by atoms with van der Waals surface area (Å²) in [6, 6.07) is 5.50. The summed E-state index contributed by atoms with van der Waals surface area (Å²) in [6.45, 7) is 4.08. The summed E-state index contributed by atoms with van der Waals surface area (Å²) in [4.78, 5) is 15.9. The van der Waals surface area contributed by atoms with Crippen molar-refractivity contribution in [1.82, 2.24) is 4.90 Å². The second kappa shape index (κ2) is 5.27. The molecule has 0 atom stereocenters. The number of nitrogens with two attached hydrogens (primary N) is 2. The highest BCUT2D eigenvalue weighted by atomic mass is 16.1. The topological polar surface area (TPSA) is 75.6 Å². The predicted molar refractivity (Wildman–Crippen MR) is 73.7 cm³/mol. The van der Waals surface area contributed by atoms with Gasteiger partial charge in [-0.15, -0.1) is 0 Å².